The van der Waals surface area contributed by atoms with Crippen LogP contribution in [0.15, 0.2) is 82.5 Å². The molecule has 0 saturated carbocycles. The average Bonchev–Trinajstić information content (AvgIpc) is 3.43. The maximum absolute atomic E-state index is 13.8. The zero-order valence-corrected chi connectivity index (χ0v) is 22.2. The number of ether oxygens (including phenoxy) is 2. The molecule has 2 aliphatic rings. The van der Waals surface area contributed by atoms with Gasteiger partial charge in [-0.25, -0.2) is 0 Å². The summed E-state index contributed by atoms with van der Waals surface area (Å²) in [7, 11) is 3.22. The predicted octanol–water partition coefficient (Wildman–Crippen LogP) is 6.07. The lowest BCUT2D eigenvalue weighted by Crippen LogP contribution is -2.36. The van der Waals surface area contributed by atoms with Crippen LogP contribution in [-0.2, 0) is 9.59 Å². The molecule has 2 aromatic carbocycles. The molecule has 2 atom stereocenters. The second-order valence-electron chi connectivity index (χ2n) is 9.47. The Morgan fingerprint density at radius 1 is 1.00 bits per heavy atom. The van der Waals surface area contributed by atoms with Crippen LogP contribution >= 0.6 is 11.3 Å². The van der Waals surface area contributed by atoms with Crippen molar-refractivity contribution in [3.8, 4) is 11.5 Å². The minimum atomic E-state index is -0.402. The highest BCUT2D eigenvalue weighted by Crippen LogP contribution is 2.47. The predicted molar refractivity (Wildman–Crippen MR) is 146 cm³/mol. The number of allylic oxidation sites excluding steroid dienone is 3. The Kier molecular flexibility index (Phi) is 6.89. The van der Waals surface area contributed by atoms with Crippen molar-refractivity contribution in [1.29, 1.82) is 0 Å². The highest BCUT2D eigenvalue weighted by molar-refractivity contribution is 7.10. The number of ketones is 1. The van der Waals surface area contributed by atoms with E-state index >= 15 is 0 Å². The van der Waals surface area contributed by atoms with Gasteiger partial charge in [0.25, 0.3) is 5.91 Å². The summed E-state index contributed by atoms with van der Waals surface area (Å²) in [5.74, 6) is 0.754. The summed E-state index contributed by atoms with van der Waals surface area (Å²) in [6, 6.07) is 17.5. The summed E-state index contributed by atoms with van der Waals surface area (Å²) < 4.78 is 10.9. The number of anilines is 1. The lowest BCUT2D eigenvalue weighted by atomic mass is 9.73. The molecule has 2 N–H and O–H groups in total. The molecule has 0 radical (unpaired) electrons. The van der Waals surface area contributed by atoms with E-state index in [4.69, 9.17) is 9.47 Å². The van der Waals surface area contributed by atoms with E-state index < -0.39 is 5.92 Å². The Morgan fingerprint density at radius 3 is 2.43 bits per heavy atom. The van der Waals surface area contributed by atoms with E-state index in [1.54, 1.807) is 25.6 Å². The Morgan fingerprint density at radius 2 is 1.76 bits per heavy atom. The average molecular weight is 515 g/mol. The first kappa shape index (κ1) is 24.8. The first-order valence-electron chi connectivity index (χ1n) is 12.3. The smallest absolute Gasteiger partial charge is 0.254 e. The van der Waals surface area contributed by atoms with Gasteiger partial charge in [0, 0.05) is 39.5 Å². The SMILES string of the molecule is COc1ccc([C@@H]2CC(=O)C3=C(C2)NC(C)=C(C(=O)Nc2ccc(C)cc2)[C@H]3c2cccs2)cc1OC. The molecule has 5 rings (SSSR count). The first-order valence-corrected chi connectivity index (χ1v) is 13.1. The molecule has 6 nitrogen and oxygen atoms in total. The number of dihydropyridines is 1. The zero-order chi connectivity index (χ0) is 26.1. The van der Waals surface area contributed by atoms with Crippen LogP contribution < -0.4 is 20.1 Å². The van der Waals surface area contributed by atoms with E-state index in [0.717, 1.165) is 33.1 Å². The van der Waals surface area contributed by atoms with E-state index in [1.807, 2.05) is 73.8 Å². The molecule has 0 saturated heterocycles. The molecule has 0 fully saturated rings. The lowest BCUT2D eigenvalue weighted by Gasteiger charge is -2.36. The van der Waals surface area contributed by atoms with Crippen LogP contribution in [0.5, 0.6) is 11.5 Å². The minimum absolute atomic E-state index is 0.00160. The van der Waals surface area contributed by atoms with Gasteiger partial charge in [0.1, 0.15) is 0 Å². The quantitative estimate of drug-likeness (QED) is 0.417. The van der Waals surface area contributed by atoms with Crippen molar-refractivity contribution in [2.24, 2.45) is 0 Å². The van der Waals surface area contributed by atoms with Gasteiger partial charge < -0.3 is 20.1 Å². The highest BCUT2D eigenvalue weighted by atomic mass is 32.1. The third-order valence-electron chi connectivity index (χ3n) is 7.09. The fourth-order valence-electron chi connectivity index (χ4n) is 5.26. The van der Waals surface area contributed by atoms with E-state index in [2.05, 4.69) is 10.6 Å². The minimum Gasteiger partial charge on any atom is -0.493 e. The Balaban J connectivity index is 1.50. The van der Waals surface area contributed by atoms with Crippen LogP contribution in [0.3, 0.4) is 0 Å². The zero-order valence-electron chi connectivity index (χ0n) is 21.4. The van der Waals surface area contributed by atoms with Crippen molar-refractivity contribution in [2.75, 3.05) is 19.5 Å². The van der Waals surface area contributed by atoms with Crippen molar-refractivity contribution in [3.05, 3.63) is 98.5 Å². The topological polar surface area (TPSA) is 76.7 Å². The maximum atomic E-state index is 13.8. The highest BCUT2D eigenvalue weighted by Gasteiger charge is 2.41. The van der Waals surface area contributed by atoms with Crippen molar-refractivity contribution < 1.29 is 19.1 Å². The van der Waals surface area contributed by atoms with Gasteiger partial charge in [0.2, 0.25) is 0 Å². The maximum Gasteiger partial charge on any atom is 0.254 e. The molecule has 1 aromatic heterocycles. The summed E-state index contributed by atoms with van der Waals surface area (Å²) in [5, 5.41) is 8.47. The second kappa shape index (κ2) is 10.3. The van der Waals surface area contributed by atoms with Crippen molar-refractivity contribution >= 4 is 28.7 Å². The van der Waals surface area contributed by atoms with Gasteiger partial charge in [-0.15, -0.1) is 11.3 Å². The molecule has 37 heavy (non-hydrogen) atoms. The Labute approximate surface area is 221 Å². The number of Topliss-reactive ketones (excluding diaryl/α,β-unsaturated/α-hetero) is 1. The van der Waals surface area contributed by atoms with Gasteiger partial charge in [0.05, 0.1) is 20.1 Å². The molecule has 3 aromatic rings. The largest absolute Gasteiger partial charge is 0.493 e. The third-order valence-corrected chi connectivity index (χ3v) is 8.03. The van der Waals surface area contributed by atoms with Gasteiger partial charge in [-0.05, 0) is 67.5 Å². The summed E-state index contributed by atoms with van der Waals surface area (Å²) in [6.45, 7) is 3.92. The van der Waals surface area contributed by atoms with Crippen molar-refractivity contribution in [2.45, 2.75) is 38.5 Å². The van der Waals surface area contributed by atoms with Gasteiger partial charge in [-0.1, -0.05) is 29.8 Å². The van der Waals surface area contributed by atoms with Crippen LogP contribution in [0.4, 0.5) is 5.69 Å². The summed E-state index contributed by atoms with van der Waals surface area (Å²) in [5.41, 5.74) is 5.80. The fourth-order valence-corrected chi connectivity index (χ4v) is 6.10. The number of carbonyl (C=O) groups excluding carboxylic acids is 2. The molecule has 1 aliphatic carbocycles. The molecular weight excluding hydrogens is 484 g/mol. The summed E-state index contributed by atoms with van der Waals surface area (Å²) in [4.78, 5) is 28.4. The molecule has 1 aliphatic heterocycles. The number of benzene rings is 2. The molecule has 2 heterocycles. The number of nitrogens with one attached hydrogen (secondary N) is 2. The van der Waals surface area contributed by atoms with Crippen molar-refractivity contribution in [3.63, 3.8) is 0 Å². The molecule has 7 heteroatoms. The van der Waals surface area contributed by atoms with Crippen LogP contribution in [0.25, 0.3) is 0 Å². The number of thiophene rings is 1. The van der Waals surface area contributed by atoms with Crippen LogP contribution in [0, 0.1) is 6.92 Å². The number of aryl methyl sites for hydroxylation is 1. The standard InChI is InChI=1S/C30H30N2O4S/c1-17-7-10-21(11-8-17)32-30(34)27-18(2)31-22-14-20(19-9-12-24(35-3)25(16-19)36-4)15-23(33)28(22)29(27)26-6-5-13-37-26/h5-13,16,20,29,31H,14-15H2,1-4H3,(H,32,34)/t20-,29+/m0/s1. The number of amides is 1. The normalized spacial score (nSPS) is 19.3. The molecule has 0 bridgehead atoms. The van der Waals surface area contributed by atoms with Gasteiger partial charge in [0.15, 0.2) is 17.3 Å². The van der Waals surface area contributed by atoms with Crippen LogP contribution in [0.2, 0.25) is 0 Å². The van der Waals surface area contributed by atoms with E-state index in [9.17, 15) is 9.59 Å². The number of carbonyl (C=O) groups is 2. The number of hydrogen-bond donors (Lipinski definition) is 2. The number of hydrogen-bond acceptors (Lipinski definition) is 6. The van der Waals surface area contributed by atoms with Crippen LogP contribution in [0.1, 0.15) is 47.6 Å². The number of rotatable bonds is 6. The van der Waals surface area contributed by atoms with Crippen molar-refractivity contribution in [1.82, 2.24) is 5.32 Å². The number of methoxy groups -OCH3 is 2. The summed E-state index contributed by atoms with van der Waals surface area (Å²) in [6.07, 6.45) is 1.03. The molecule has 1 amide bonds. The van der Waals surface area contributed by atoms with E-state index in [-0.39, 0.29) is 17.6 Å². The first-order chi connectivity index (χ1) is 17.9. The Bertz CT molecular complexity index is 1400. The van der Waals surface area contributed by atoms with Gasteiger partial charge in [-0.3, -0.25) is 9.59 Å². The fraction of sp³-hybridized carbons (Fsp3) is 0.267. The molecule has 190 valence electrons. The lowest BCUT2D eigenvalue weighted by molar-refractivity contribution is -0.116. The molecular formula is C30H30N2O4S. The molecule has 0 unspecified atom stereocenters. The van der Waals surface area contributed by atoms with E-state index in [1.165, 1.54) is 0 Å². The second-order valence-corrected chi connectivity index (χ2v) is 10.4. The summed E-state index contributed by atoms with van der Waals surface area (Å²) >= 11 is 1.57. The van der Waals surface area contributed by atoms with Crippen LogP contribution in [-0.4, -0.2) is 25.9 Å². The van der Waals surface area contributed by atoms with Gasteiger partial charge >= 0.3 is 0 Å². The molecule has 0 spiro atoms. The Hall–Kier alpha value is -3.84. The van der Waals surface area contributed by atoms with E-state index in [0.29, 0.717) is 35.5 Å². The third kappa shape index (κ3) is 4.79. The monoisotopic (exact) mass is 514 g/mol. The van der Waals surface area contributed by atoms with Gasteiger partial charge in [-0.2, -0.15) is 0 Å².